The van der Waals surface area contributed by atoms with Gasteiger partial charge in [0.15, 0.2) is 0 Å². The van der Waals surface area contributed by atoms with Crippen LogP contribution in [0.2, 0.25) is 0 Å². The number of nitrogens with one attached hydrogen (secondary N) is 1. The van der Waals surface area contributed by atoms with Gasteiger partial charge < -0.3 is 9.73 Å². The molecule has 134 valence electrons. The molecule has 7 heteroatoms. The minimum absolute atomic E-state index is 0.0108. The third kappa shape index (κ3) is 3.50. The molecule has 0 aliphatic heterocycles. The van der Waals surface area contributed by atoms with Crippen molar-refractivity contribution >= 4 is 28.2 Å². The zero-order valence-electron chi connectivity index (χ0n) is 14.4. The Labute approximate surface area is 158 Å². The lowest BCUT2D eigenvalue weighted by molar-refractivity contribution is 0.0947. The average Bonchev–Trinajstić information content (AvgIpc) is 3.07. The van der Waals surface area contributed by atoms with E-state index in [-0.39, 0.29) is 12.1 Å². The van der Waals surface area contributed by atoms with Crippen molar-refractivity contribution in [1.29, 1.82) is 0 Å². The Balaban J connectivity index is 1.54. The molecule has 0 bridgehead atoms. The first-order chi connectivity index (χ1) is 13.1. The van der Waals surface area contributed by atoms with E-state index in [0.29, 0.717) is 11.0 Å². The first-order valence-corrected chi connectivity index (χ1v) is 9.11. The standard InChI is InChI=1S/C20H15N3O3S/c1-12-17(27-19(23-12)14-6-4-8-21-10-14)11-22-18(24)15-9-13-5-2-3-7-16(13)26-20(15)25/h2-10H,11H2,1H3,(H,22,24). The number of para-hydroxylation sites is 1. The molecule has 1 N–H and O–H groups in total. The van der Waals surface area contributed by atoms with Gasteiger partial charge in [-0.05, 0) is 31.2 Å². The molecule has 0 aliphatic carbocycles. The first kappa shape index (κ1) is 17.1. The summed E-state index contributed by atoms with van der Waals surface area (Å²) in [5.41, 5.74) is 1.56. The predicted octanol–water partition coefficient (Wildman–Crippen LogP) is 3.55. The number of amides is 1. The Morgan fingerprint density at radius 1 is 1.22 bits per heavy atom. The van der Waals surface area contributed by atoms with Crippen LogP contribution in [-0.4, -0.2) is 15.9 Å². The van der Waals surface area contributed by atoms with E-state index in [1.165, 1.54) is 11.3 Å². The Kier molecular flexibility index (Phi) is 4.52. The number of benzene rings is 1. The van der Waals surface area contributed by atoms with E-state index in [4.69, 9.17) is 4.42 Å². The second-order valence-corrected chi connectivity index (χ2v) is 7.02. The summed E-state index contributed by atoms with van der Waals surface area (Å²) in [4.78, 5) is 34.1. The second kappa shape index (κ2) is 7.13. The van der Waals surface area contributed by atoms with Crippen LogP contribution in [0.25, 0.3) is 21.5 Å². The number of pyridine rings is 1. The lowest BCUT2D eigenvalue weighted by Gasteiger charge is -2.04. The SMILES string of the molecule is Cc1nc(-c2cccnc2)sc1CNC(=O)c1cc2ccccc2oc1=O. The lowest BCUT2D eigenvalue weighted by Crippen LogP contribution is -2.27. The Hall–Kier alpha value is -3.32. The van der Waals surface area contributed by atoms with Gasteiger partial charge in [0.05, 0.1) is 12.2 Å². The number of hydrogen-bond acceptors (Lipinski definition) is 6. The van der Waals surface area contributed by atoms with Gasteiger partial charge in [-0.1, -0.05) is 18.2 Å². The van der Waals surface area contributed by atoms with Crippen LogP contribution in [0, 0.1) is 6.92 Å². The summed E-state index contributed by atoms with van der Waals surface area (Å²) < 4.78 is 5.22. The van der Waals surface area contributed by atoms with E-state index in [9.17, 15) is 9.59 Å². The van der Waals surface area contributed by atoms with Gasteiger partial charge in [-0.25, -0.2) is 9.78 Å². The summed E-state index contributed by atoms with van der Waals surface area (Å²) in [6, 6.07) is 12.4. The lowest BCUT2D eigenvalue weighted by atomic mass is 10.2. The number of carbonyl (C=O) groups excluding carboxylic acids is 1. The molecule has 1 amide bonds. The van der Waals surface area contributed by atoms with E-state index in [1.54, 1.807) is 36.7 Å². The van der Waals surface area contributed by atoms with Crippen LogP contribution in [0.1, 0.15) is 20.9 Å². The van der Waals surface area contributed by atoms with Gasteiger partial charge >= 0.3 is 5.63 Å². The number of hydrogen-bond donors (Lipinski definition) is 1. The minimum atomic E-state index is -0.650. The van der Waals surface area contributed by atoms with Crippen LogP contribution in [0.3, 0.4) is 0 Å². The summed E-state index contributed by atoms with van der Waals surface area (Å²) in [7, 11) is 0. The van der Waals surface area contributed by atoms with E-state index in [0.717, 1.165) is 21.1 Å². The molecule has 3 heterocycles. The van der Waals surface area contributed by atoms with Crippen LogP contribution >= 0.6 is 11.3 Å². The van der Waals surface area contributed by atoms with Gasteiger partial charge in [-0.15, -0.1) is 11.3 Å². The van der Waals surface area contributed by atoms with Crippen molar-refractivity contribution in [3.63, 3.8) is 0 Å². The van der Waals surface area contributed by atoms with Crippen molar-refractivity contribution in [2.75, 3.05) is 0 Å². The van der Waals surface area contributed by atoms with E-state index in [1.807, 2.05) is 25.1 Å². The van der Waals surface area contributed by atoms with Crippen molar-refractivity contribution in [1.82, 2.24) is 15.3 Å². The number of nitrogens with zero attached hydrogens (tertiary/aromatic N) is 2. The number of aromatic nitrogens is 2. The fourth-order valence-corrected chi connectivity index (χ4v) is 3.67. The normalized spacial score (nSPS) is 10.9. The first-order valence-electron chi connectivity index (χ1n) is 8.29. The Morgan fingerprint density at radius 3 is 2.89 bits per heavy atom. The van der Waals surface area contributed by atoms with Gasteiger partial charge in [0.25, 0.3) is 5.91 Å². The van der Waals surface area contributed by atoms with Gasteiger partial charge in [-0.2, -0.15) is 0 Å². The molecule has 0 fully saturated rings. The fraction of sp³-hybridized carbons (Fsp3) is 0.100. The molecule has 0 aliphatic rings. The smallest absolute Gasteiger partial charge is 0.349 e. The maximum Gasteiger partial charge on any atom is 0.349 e. The molecule has 4 rings (SSSR count). The molecule has 27 heavy (non-hydrogen) atoms. The van der Waals surface area contributed by atoms with Crippen LogP contribution < -0.4 is 10.9 Å². The van der Waals surface area contributed by atoms with E-state index in [2.05, 4.69) is 15.3 Å². The average molecular weight is 377 g/mol. The highest BCUT2D eigenvalue weighted by molar-refractivity contribution is 7.15. The highest BCUT2D eigenvalue weighted by Gasteiger charge is 2.15. The molecule has 0 atom stereocenters. The Morgan fingerprint density at radius 2 is 2.07 bits per heavy atom. The fourth-order valence-electron chi connectivity index (χ4n) is 2.68. The molecule has 0 spiro atoms. The molecule has 3 aromatic heterocycles. The van der Waals surface area contributed by atoms with Crippen molar-refractivity contribution in [3.05, 3.63) is 81.4 Å². The minimum Gasteiger partial charge on any atom is -0.422 e. The molecular formula is C20H15N3O3S. The molecule has 4 aromatic rings. The van der Waals surface area contributed by atoms with Gasteiger partial charge in [0.1, 0.15) is 16.2 Å². The summed E-state index contributed by atoms with van der Waals surface area (Å²) in [6.45, 7) is 2.18. The molecule has 0 unspecified atom stereocenters. The zero-order chi connectivity index (χ0) is 18.8. The third-order valence-corrected chi connectivity index (χ3v) is 5.30. The highest BCUT2D eigenvalue weighted by Crippen LogP contribution is 2.27. The Bertz CT molecular complexity index is 1180. The summed E-state index contributed by atoms with van der Waals surface area (Å²) in [5, 5.41) is 4.33. The van der Waals surface area contributed by atoms with Crippen molar-refractivity contribution in [2.45, 2.75) is 13.5 Å². The van der Waals surface area contributed by atoms with Gasteiger partial charge in [0.2, 0.25) is 0 Å². The zero-order valence-corrected chi connectivity index (χ0v) is 15.2. The van der Waals surface area contributed by atoms with Crippen molar-refractivity contribution in [3.8, 4) is 10.6 Å². The van der Waals surface area contributed by atoms with E-state index < -0.39 is 11.5 Å². The van der Waals surface area contributed by atoms with Crippen LogP contribution in [0.5, 0.6) is 0 Å². The largest absolute Gasteiger partial charge is 0.422 e. The summed E-state index contributed by atoms with van der Waals surface area (Å²) in [6.07, 6.45) is 3.46. The number of carbonyl (C=O) groups is 1. The van der Waals surface area contributed by atoms with Gasteiger partial charge in [-0.3, -0.25) is 9.78 Å². The summed E-state index contributed by atoms with van der Waals surface area (Å²) >= 11 is 1.49. The van der Waals surface area contributed by atoms with Crippen molar-refractivity contribution < 1.29 is 9.21 Å². The monoisotopic (exact) mass is 377 g/mol. The van der Waals surface area contributed by atoms with Crippen LogP contribution in [0.15, 0.2) is 64.1 Å². The third-order valence-electron chi connectivity index (χ3n) is 4.10. The maximum atomic E-state index is 12.5. The molecule has 0 saturated carbocycles. The molecule has 1 aromatic carbocycles. The van der Waals surface area contributed by atoms with E-state index >= 15 is 0 Å². The maximum absolute atomic E-state index is 12.5. The molecule has 6 nitrogen and oxygen atoms in total. The topological polar surface area (TPSA) is 85.1 Å². The van der Waals surface area contributed by atoms with Crippen molar-refractivity contribution in [2.24, 2.45) is 0 Å². The number of thiazole rings is 1. The molecule has 0 radical (unpaired) electrons. The van der Waals surface area contributed by atoms with Crippen LogP contribution in [0.4, 0.5) is 0 Å². The van der Waals surface area contributed by atoms with Gasteiger partial charge in [0, 0.05) is 28.2 Å². The number of fused-ring (bicyclic) bond motifs is 1. The van der Waals surface area contributed by atoms with Crippen LogP contribution in [-0.2, 0) is 6.54 Å². The molecular weight excluding hydrogens is 362 g/mol. The summed E-state index contributed by atoms with van der Waals surface area (Å²) in [5.74, 6) is -0.467. The number of aryl methyl sites for hydroxylation is 1. The molecule has 0 saturated heterocycles. The number of rotatable bonds is 4. The quantitative estimate of drug-likeness (QED) is 0.550. The highest BCUT2D eigenvalue weighted by atomic mass is 32.1. The predicted molar refractivity (Wildman–Crippen MR) is 104 cm³/mol. The second-order valence-electron chi connectivity index (χ2n) is 5.94.